The number of nitrogens with two attached hydrogens (primary N) is 1. The Labute approximate surface area is 108 Å². The second-order valence-corrected chi connectivity index (χ2v) is 5.56. The summed E-state index contributed by atoms with van der Waals surface area (Å²) in [4.78, 5) is 25.6. The minimum absolute atomic E-state index is 0.0602. The number of likely N-dealkylation sites (tertiary alicyclic amines) is 1. The Hall–Kier alpha value is -1.10. The smallest absolute Gasteiger partial charge is 0.245 e. The van der Waals surface area contributed by atoms with E-state index < -0.39 is 0 Å². The van der Waals surface area contributed by atoms with E-state index in [0.29, 0.717) is 12.5 Å². The molecule has 1 saturated heterocycles. The highest BCUT2D eigenvalue weighted by atomic mass is 16.2. The fourth-order valence-electron chi connectivity index (χ4n) is 3.08. The van der Waals surface area contributed by atoms with Gasteiger partial charge in [-0.1, -0.05) is 12.8 Å². The second kappa shape index (κ2) is 5.69. The van der Waals surface area contributed by atoms with Crippen LogP contribution in [0.5, 0.6) is 0 Å². The van der Waals surface area contributed by atoms with Crippen molar-refractivity contribution in [1.82, 2.24) is 10.2 Å². The van der Waals surface area contributed by atoms with Crippen molar-refractivity contribution in [2.45, 2.75) is 51.1 Å². The number of rotatable bonds is 3. The molecule has 0 aromatic heterocycles. The number of carbonyl (C=O) groups is 2. The zero-order valence-corrected chi connectivity index (χ0v) is 11.0. The van der Waals surface area contributed by atoms with Gasteiger partial charge in [0.1, 0.15) is 6.04 Å². The topological polar surface area (TPSA) is 75.4 Å². The van der Waals surface area contributed by atoms with Gasteiger partial charge < -0.3 is 16.0 Å². The highest BCUT2D eigenvalue weighted by molar-refractivity contribution is 5.87. The zero-order valence-electron chi connectivity index (χ0n) is 11.0. The van der Waals surface area contributed by atoms with Crippen molar-refractivity contribution in [3.8, 4) is 0 Å². The lowest BCUT2D eigenvalue weighted by Crippen LogP contribution is -2.51. The maximum absolute atomic E-state index is 12.5. The van der Waals surface area contributed by atoms with Crippen LogP contribution in [-0.4, -0.2) is 41.9 Å². The molecule has 0 aromatic rings. The SMILES string of the molecule is CC(=O)N[C@@H](C(=O)N1CC[C@H](N)C1)C1CCCC1. The number of nitrogens with one attached hydrogen (secondary N) is 1. The van der Waals surface area contributed by atoms with E-state index in [4.69, 9.17) is 5.73 Å². The van der Waals surface area contributed by atoms with Crippen LogP contribution < -0.4 is 11.1 Å². The van der Waals surface area contributed by atoms with E-state index in [1.54, 1.807) is 0 Å². The van der Waals surface area contributed by atoms with E-state index >= 15 is 0 Å². The van der Waals surface area contributed by atoms with E-state index in [2.05, 4.69) is 5.32 Å². The molecule has 2 atom stereocenters. The molecule has 2 aliphatic rings. The van der Waals surface area contributed by atoms with Gasteiger partial charge in [-0.3, -0.25) is 9.59 Å². The third kappa shape index (κ3) is 3.02. The monoisotopic (exact) mass is 253 g/mol. The van der Waals surface area contributed by atoms with E-state index in [1.165, 1.54) is 6.92 Å². The lowest BCUT2D eigenvalue weighted by atomic mass is 9.96. The molecule has 5 nitrogen and oxygen atoms in total. The summed E-state index contributed by atoms with van der Waals surface area (Å²) in [7, 11) is 0. The van der Waals surface area contributed by atoms with Crippen LogP contribution in [0.25, 0.3) is 0 Å². The molecule has 1 aliphatic carbocycles. The van der Waals surface area contributed by atoms with Crippen molar-refractivity contribution in [3.63, 3.8) is 0 Å². The van der Waals surface area contributed by atoms with Gasteiger partial charge in [0.15, 0.2) is 0 Å². The van der Waals surface area contributed by atoms with Crippen LogP contribution in [0.1, 0.15) is 39.0 Å². The summed E-state index contributed by atoms with van der Waals surface area (Å²) < 4.78 is 0. The van der Waals surface area contributed by atoms with Crippen LogP contribution in [0.2, 0.25) is 0 Å². The highest BCUT2D eigenvalue weighted by Gasteiger charge is 2.36. The molecule has 1 saturated carbocycles. The molecule has 0 spiro atoms. The van der Waals surface area contributed by atoms with Gasteiger partial charge in [0.25, 0.3) is 0 Å². The Balaban J connectivity index is 2.02. The van der Waals surface area contributed by atoms with Crippen molar-refractivity contribution >= 4 is 11.8 Å². The van der Waals surface area contributed by atoms with Gasteiger partial charge >= 0.3 is 0 Å². The van der Waals surface area contributed by atoms with Crippen molar-refractivity contribution in [1.29, 1.82) is 0 Å². The molecule has 0 bridgehead atoms. The number of hydrogen-bond acceptors (Lipinski definition) is 3. The number of nitrogens with zero attached hydrogens (tertiary/aromatic N) is 1. The molecule has 1 aliphatic heterocycles. The molecular weight excluding hydrogens is 230 g/mol. The second-order valence-electron chi connectivity index (χ2n) is 5.56. The molecule has 0 radical (unpaired) electrons. The summed E-state index contributed by atoms with van der Waals surface area (Å²) in [6.45, 7) is 2.83. The quantitative estimate of drug-likeness (QED) is 0.756. The first-order valence-electron chi connectivity index (χ1n) is 6.89. The van der Waals surface area contributed by atoms with Gasteiger partial charge in [0.2, 0.25) is 11.8 Å². The Bertz CT molecular complexity index is 326. The predicted octanol–water partition coefficient (Wildman–Crippen LogP) is 0.241. The predicted molar refractivity (Wildman–Crippen MR) is 68.7 cm³/mol. The Kier molecular flexibility index (Phi) is 4.22. The van der Waals surface area contributed by atoms with Crippen LogP contribution in [0.15, 0.2) is 0 Å². The first kappa shape index (κ1) is 13.3. The summed E-state index contributed by atoms with van der Waals surface area (Å²) >= 11 is 0. The minimum atomic E-state index is -0.338. The normalized spacial score (nSPS) is 26.3. The Morgan fingerprint density at radius 3 is 2.44 bits per heavy atom. The highest BCUT2D eigenvalue weighted by Crippen LogP contribution is 2.29. The van der Waals surface area contributed by atoms with Gasteiger partial charge in [-0.2, -0.15) is 0 Å². The maximum atomic E-state index is 12.5. The van der Waals surface area contributed by atoms with Crippen LogP contribution >= 0.6 is 0 Å². The van der Waals surface area contributed by atoms with Crippen molar-refractivity contribution in [3.05, 3.63) is 0 Å². The lowest BCUT2D eigenvalue weighted by Gasteiger charge is -2.28. The molecule has 2 rings (SSSR count). The van der Waals surface area contributed by atoms with Crippen molar-refractivity contribution < 1.29 is 9.59 Å². The van der Waals surface area contributed by atoms with Crippen LogP contribution in [0, 0.1) is 5.92 Å². The lowest BCUT2D eigenvalue weighted by molar-refractivity contribution is -0.136. The molecule has 1 heterocycles. The summed E-state index contributed by atoms with van der Waals surface area (Å²) in [5.41, 5.74) is 5.84. The number of hydrogen-bond donors (Lipinski definition) is 2. The first-order valence-corrected chi connectivity index (χ1v) is 6.89. The number of amides is 2. The average molecular weight is 253 g/mol. The fourth-order valence-corrected chi connectivity index (χ4v) is 3.08. The molecule has 0 aromatic carbocycles. The molecule has 18 heavy (non-hydrogen) atoms. The van der Waals surface area contributed by atoms with Crippen LogP contribution in [-0.2, 0) is 9.59 Å². The van der Waals surface area contributed by atoms with Crippen LogP contribution in [0.4, 0.5) is 0 Å². The molecule has 3 N–H and O–H groups in total. The molecule has 102 valence electrons. The van der Waals surface area contributed by atoms with Crippen molar-refractivity contribution in [2.24, 2.45) is 11.7 Å². The summed E-state index contributed by atoms with van der Waals surface area (Å²) in [6, 6.07) is -0.245. The van der Waals surface area contributed by atoms with Gasteiger partial charge in [-0.25, -0.2) is 0 Å². The third-order valence-electron chi connectivity index (χ3n) is 4.03. The molecule has 2 amide bonds. The fraction of sp³-hybridized carbons (Fsp3) is 0.846. The van der Waals surface area contributed by atoms with Crippen LogP contribution in [0.3, 0.4) is 0 Å². The third-order valence-corrected chi connectivity index (χ3v) is 4.03. The van der Waals surface area contributed by atoms with Gasteiger partial charge in [-0.05, 0) is 25.2 Å². The van der Waals surface area contributed by atoms with E-state index in [1.807, 2.05) is 4.90 Å². The minimum Gasteiger partial charge on any atom is -0.344 e. The summed E-state index contributed by atoms with van der Waals surface area (Å²) in [6.07, 6.45) is 5.26. The Morgan fingerprint density at radius 2 is 1.94 bits per heavy atom. The standard InChI is InChI=1S/C13H23N3O2/c1-9(17)15-12(10-4-2-3-5-10)13(18)16-7-6-11(14)8-16/h10-12H,2-8,14H2,1H3,(H,15,17)/t11-,12+/m0/s1. The molecule has 2 fully saturated rings. The van der Waals surface area contributed by atoms with Gasteiger partial charge in [0, 0.05) is 26.1 Å². The number of carbonyl (C=O) groups excluding carboxylic acids is 2. The summed E-state index contributed by atoms with van der Waals surface area (Å²) in [5.74, 6) is 0.243. The molecular formula is C13H23N3O2. The van der Waals surface area contributed by atoms with Crippen molar-refractivity contribution in [2.75, 3.05) is 13.1 Å². The zero-order chi connectivity index (χ0) is 13.1. The Morgan fingerprint density at radius 1 is 1.28 bits per heavy atom. The maximum Gasteiger partial charge on any atom is 0.245 e. The van der Waals surface area contributed by atoms with E-state index in [0.717, 1.165) is 38.6 Å². The molecule has 0 unspecified atom stereocenters. The largest absolute Gasteiger partial charge is 0.344 e. The van der Waals surface area contributed by atoms with Gasteiger partial charge in [0.05, 0.1) is 0 Å². The summed E-state index contributed by atoms with van der Waals surface area (Å²) in [5, 5.41) is 2.84. The average Bonchev–Trinajstić information content (AvgIpc) is 2.95. The first-order chi connectivity index (χ1) is 8.58. The van der Waals surface area contributed by atoms with E-state index in [9.17, 15) is 9.59 Å². The molecule has 5 heteroatoms. The van der Waals surface area contributed by atoms with E-state index in [-0.39, 0.29) is 23.9 Å². The van der Waals surface area contributed by atoms with Gasteiger partial charge in [-0.15, -0.1) is 0 Å².